The quantitative estimate of drug-likeness (QED) is 0.165. The average molecular weight is 840 g/mol. The number of hydrogen-bond acceptors (Lipinski definition) is 5. The molecule has 67 heavy (non-hydrogen) atoms. The van der Waals surface area contributed by atoms with E-state index in [4.69, 9.17) is 23.8 Å². The zero-order chi connectivity index (χ0) is 48.1. The smallest absolute Gasteiger partial charge is 0.164 e. The van der Waals surface area contributed by atoms with Crippen LogP contribution in [0.2, 0.25) is 0 Å². The van der Waals surface area contributed by atoms with Gasteiger partial charge in [0.05, 0.1) is 0 Å². The largest absolute Gasteiger partial charge is 0.457 e. The maximum Gasteiger partial charge on any atom is 0.164 e. The van der Waals surface area contributed by atoms with Gasteiger partial charge in [0, 0.05) is 38.2 Å². The molecule has 0 unspecified atom stereocenters. The van der Waals surface area contributed by atoms with Gasteiger partial charge in [-0.25, -0.2) is 15.0 Å². The predicted octanol–water partition coefficient (Wildman–Crippen LogP) is -21.6. The van der Waals surface area contributed by atoms with Crippen molar-refractivity contribution < 1.29 is 8.83 Å². The topological polar surface area (TPSA) is 65.0 Å². The van der Waals surface area contributed by atoms with Gasteiger partial charge in [0.1, 0.15) is 171 Å². The first kappa shape index (κ1) is 45.4. The molecule has 3 heterocycles. The minimum absolute atomic E-state index is 0.643. The van der Waals surface area contributed by atoms with Gasteiger partial charge in [-0.2, -0.15) is 0 Å². The van der Waals surface area contributed by atoms with Gasteiger partial charge in [0.25, 0.3) is 0 Å². The highest BCUT2D eigenvalue weighted by Crippen LogP contribution is 2.39. The molecule has 0 saturated carbocycles. The Labute approximate surface area is 410 Å². The molecule has 24 heteroatoms. The second kappa shape index (κ2) is 15.9. The van der Waals surface area contributed by atoms with E-state index >= 15 is 0 Å². The van der Waals surface area contributed by atoms with E-state index in [2.05, 4.69) is 185 Å². The number of furan rings is 2. The van der Waals surface area contributed by atoms with E-state index in [0.717, 1.165) is 71.5 Å². The van der Waals surface area contributed by atoms with Crippen LogP contribution >= 0.6 is 0 Å². The summed E-state index contributed by atoms with van der Waals surface area (Å²) < 4.78 is 13.9. The Morgan fingerprint density at radius 1 is 0.254 bits per heavy atom. The van der Waals surface area contributed by atoms with E-state index in [1.54, 1.807) is 0 Å². The molecule has 0 aliphatic heterocycles. The fraction of sp³-hybridized carbons (Fsp3) is 0. The maximum absolute atomic E-state index is 6.98. The first-order valence-corrected chi connectivity index (χ1v) is 23.9. The Morgan fingerprint density at radius 2 is 0.552 bits per heavy atom. The van der Waals surface area contributed by atoms with Crippen LogP contribution in [0.25, 0.3) is 99.9 Å². The van der Waals surface area contributed by atoms with Crippen LogP contribution in [0.15, 0.2) is 45.2 Å². The lowest BCUT2D eigenvalue weighted by Crippen LogP contribution is -2.55. The van der Waals surface area contributed by atoms with Crippen molar-refractivity contribution in [3.05, 3.63) is 36.4 Å². The normalized spacial score (nSPS) is 11.8. The lowest BCUT2D eigenvalue weighted by Gasteiger charge is -2.21. The molecule has 0 spiro atoms. The van der Waals surface area contributed by atoms with Crippen molar-refractivity contribution in [3.63, 3.8) is 0 Å². The molecule has 0 N–H and O–H groups in total. The second-order valence-corrected chi connectivity index (χ2v) is 20.0. The minimum atomic E-state index is 0.643. The van der Waals surface area contributed by atoms with Crippen molar-refractivity contribution in [1.82, 2.24) is 15.0 Å². The highest BCUT2D eigenvalue weighted by Gasteiger charge is 2.28. The Kier molecular flexibility index (Phi) is 10.8. The zero-order valence-electron chi connectivity index (χ0n) is 43.1. The average Bonchev–Trinajstić information content (AvgIpc) is 3.92. The van der Waals surface area contributed by atoms with E-state index in [0.29, 0.717) is 17.5 Å². The first-order valence-electron chi connectivity index (χ1n) is 23.9. The monoisotopic (exact) mass is 844 g/mol. The van der Waals surface area contributed by atoms with E-state index in [-0.39, 0.29) is 0 Å². The summed E-state index contributed by atoms with van der Waals surface area (Å²) in [6.45, 7) is 0. The predicted molar refractivity (Wildman–Crippen MR) is 349 cm³/mol. The molecule has 3 aromatic heterocycles. The third-order valence-corrected chi connectivity index (χ3v) is 17.3. The molecule has 0 bridgehead atoms. The van der Waals surface area contributed by atoms with Crippen molar-refractivity contribution in [2.24, 2.45) is 0 Å². The van der Waals surface area contributed by atoms with Crippen molar-refractivity contribution in [2.45, 2.75) is 0 Å². The summed E-state index contributed by atoms with van der Waals surface area (Å²) in [5.41, 5.74) is 32.6. The highest BCUT2D eigenvalue weighted by molar-refractivity contribution is 6.72. The van der Waals surface area contributed by atoms with Gasteiger partial charge in [-0.05, 0) is 21.9 Å². The van der Waals surface area contributed by atoms with Crippen LogP contribution in [0.3, 0.4) is 0 Å². The number of rotatable bonds is 4. The van der Waals surface area contributed by atoms with E-state index in [1.807, 2.05) is 0 Å². The van der Waals surface area contributed by atoms with Crippen LogP contribution in [0.4, 0.5) is 0 Å². The lowest BCUT2D eigenvalue weighted by atomic mass is 9.60. The molecule has 0 amide bonds. The highest BCUT2D eigenvalue weighted by atomic mass is 16.3. The van der Waals surface area contributed by atoms with Crippen LogP contribution in [-0.2, 0) is 0 Å². The van der Waals surface area contributed by atoms with Crippen molar-refractivity contribution >= 4 is 308 Å². The number of aromatic nitrogens is 3. The van der Waals surface area contributed by atoms with Crippen LogP contribution in [0, 0.1) is 0 Å². The molecule has 0 aliphatic rings. The van der Waals surface area contributed by atoms with Crippen LogP contribution in [0.1, 0.15) is 0 Å². The number of hydrogen-bond donors (Lipinski definition) is 0. The third kappa shape index (κ3) is 6.25. The summed E-state index contributed by atoms with van der Waals surface area (Å²) >= 11 is 0. The Morgan fingerprint density at radius 3 is 1.03 bits per heavy atom. The zero-order valence-corrected chi connectivity index (χ0v) is 43.1. The molecule has 0 aliphatic carbocycles. The van der Waals surface area contributed by atoms with Gasteiger partial charge < -0.3 is 8.83 Å². The fourth-order valence-corrected chi connectivity index (χ4v) is 11.5. The standard InChI is InChI=1S/C43H44B19N3O2/c44-18-11(12-14-19(45)24(50)31(57)35(61)39(14)66-37(12)33(59)28(18)54)9-5-1-4-8-7(9)3-2-6-10(8)41-63-42(65-43(64-41)17-22(48)26(52)30(56)27(53)23(17)49)16-13-15-20(46)25(51)32(58)36(62)40(15)67-38(13)34(60)29(55)21(16)47/h1-6H,44-62H2. The SMILES string of the molecule is Bc1c(B)c(B)c(-c2nc(-c3cccc4c(-c5c(B)c(B)c(B)c6oc7c(B)c(B)c(B)c(B)c7c56)cccc34)nc(-c3c(B)c(B)c(B)c4oc5c(B)c(B)c(B)c(B)c5c34)n2)c(B)c1B. The van der Waals surface area contributed by atoms with Gasteiger partial charge in [-0.3, -0.25) is 0 Å². The number of fused-ring (bicyclic) bond motifs is 7. The van der Waals surface area contributed by atoms with Crippen molar-refractivity contribution in [2.75, 3.05) is 0 Å². The molecule has 0 fully saturated rings. The fourth-order valence-electron chi connectivity index (χ4n) is 11.5. The summed E-state index contributed by atoms with van der Waals surface area (Å²) in [4.78, 5) is 16.7. The van der Waals surface area contributed by atoms with E-state index < -0.39 is 0 Å². The van der Waals surface area contributed by atoms with Gasteiger partial charge >= 0.3 is 0 Å². The Bertz CT molecular complexity index is 3910. The van der Waals surface area contributed by atoms with Gasteiger partial charge in [0.2, 0.25) is 0 Å². The van der Waals surface area contributed by atoms with Crippen LogP contribution in [0.5, 0.6) is 0 Å². The van der Waals surface area contributed by atoms with Crippen LogP contribution < -0.4 is 104 Å². The van der Waals surface area contributed by atoms with E-state index in [9.17, 15) is 0 Å². The second-order valence-electron chi connectivity index (χ2n) is 20.0. The van der Waals surface area contributed by atoms with E-state index in [1.165, 1.54) is 115 Å². The Balaban J connectivity index is 1.34. The molecule has 10 rings (SSSR count). The summed E-state index contributed by atoms with van der Waals surface area (Å²) in [7, 11) is 42.2. The lowest BCUT2D eigenvalue weighted by molar-refractivity contribution is 0.674. The molecule has 300 valence electrons. The van der Waals surface area contributed by atoms with Gasteiger partial charge in [-0.1, -0.05) is 113 Å². The Hall–Kier alpha value is -5.36. The van der Waals surface area contributed by atoms with Crippen molar-refractivity contribution in [3.8, 4) is 45.3 Å². The summed E-state index contributed by atoms with van der Waals surface area (Å²) in [6, 6.07) is 13.3. The molecule has 0 radical (unpaired) electrons. The molecular weight excluding hydrogens is 796 g/mol. The molecule has 10 aromatic rings. The third-order valence-electron chi connectivity index (χ3n) is 17.3. The van der Waals surface area contributed by atoms with Gasteiger partial charge in [0.15, 0.2) is 17.5 Å². The number of nitrogens with zero attached hydrogens (tertiary/aromatic N) is 3. The molecular formula is C43H44B19N3O2. The number of benzene rings is 7. The van der Waals surface area contributed by atoms with Crippen LogP contribution in [-0.4, -0.2) is 164 Å². The molecule has 7 aromatic carbocycles. The maximum atomic E-state index is 6.98. The molecule has 0 saturated heterocycles. The van der Waals surface area contributed by atoms with Gasteiger partial charge in [-0.15, -0.1) is 27.3 Å². The minimum Gasteiger partial charge on any atom is -0.457 e. The summed E-state index contributed by atoms with van der Waals surface area (Å²) in [5.74, 6) is 1.98. The van der Waals surface area contributed by atoms with Crippen molar-refractivity contribution in [1.29, 1.82) is 0 Å². The molecule has 5 nitrogen and oxygen atoms in total. The summed E-state index contributed by atoms with van der Waals surface area (Å²) in [5, 5.41) is 6.84. The molecule has 0 atom stereocenters. The first-order chi connectivity index (χ1) is 31.7. The summed E-state index contributed by atoms with van der Waals surface area (Å²) in [6.07, 6.45) is 0.